The lowest BCUT2D eigenvalue weighted by Crippen LogP contribution is -2.53. The Hall–Kier alpha value is -1.47. The van der Waals surface area contributed by atoms with E-state index >= 15 is 0 Å². The van der Waals surface area contributed by atoms with Gasteiger partial charge >= 0.3 is 0 Å². The molecule has 0 spiro atoms. The summed E-state index contributed by atoms with van der Waals surface area (Å²) in [7, 11) is 0. The van der Waals surface area contributed by atoms with Gasteiger partial charge in [-0.3, -0.25) is 4.79 Å². The molecule has 1 aromatic rings. The van der Waals surface area contributed by atoms with Gasteiger partial charge in [0.25, 0.3) is 0 Å². The van der Waals surface area contributed by atoms with Crippen LogP contribution in [0.5, 0.6) is 0 Å². The van der Waals surface area contributed by atoms with E-state index in [0.717, 1.165) is 32.6 Å². The van der Waals surface area contributed by atoms with Gasteiger partial charge in [-0.2, -0.15) is 4.98 Å². The molecule has 2 N–H and O–H groups in total. The van der Waals surface area contributed by atoms with E-state index < -0.39 is 0 Å². The van der Waals surface area contributed by atoms with Gasteiger partial charge in [-0.25, -0.2) is 0 Å². The predicted molar refractivity (Wildman–Crippen MR) is 74.3 cm³/mol. The molecule has 1 saturated heterocycles. The number of likely N-dealkylation sites (N-methyl/N-ethyl adjacent to an activating group) is 1. The van der Waals surface area contributed by atoms with Crippen LogP contribution in [0.3, 0.4) is 0 Å². The fraction of sp³-hybridized carbons (Fsp3) is 0.769. The summed E-state index contributed by atoms with van der Waals surface area (Å²) in [5, 5.41) is 9.94. The van der Waals surface area contributed by atoms with Gasteiger partial charge in [0.15, 0.2) is 5.82 Å². The molecule has 0 aromatic carbocycles. The molecule has 1 aliphatic rings. The van der Waals surface area contributed by atoms with Crippen LogP contribution < -0.4 is 10.6 Å². The van der Waals surface area contributed by atoms with Crippen molar-refractivity contribution in [2.45, 2.75) is 32.7 Å². The summed E-state index contributed by atoms with van der Waals surface area (Å²) in [6, 6.07) is -0.264. The minimum atomic E-state index is -0.264. The van der Waals surface area contributed by atoms with E-state index in [-0.39, 0.29) is 11.9 Å². The minimum Gasteiger partial charge on any atom is -0.353 e. The summed E-state index contributed by atoms with van der Waals surface area (Å²) in [6.07, 6.45) is 1.22. The van der Waals surface area contributed by atoms with Crippen LogP contribution in [-0.4, -0.2) is 59.7 Å². The number of nitrogens with zero attached hydrogens (tertiary/aromatic N) is 3. The molecule has 1 aromatic heterocycles. The Morgan fingerprint density at radius 1 is 1.35 bits per heavy atom. The van der Waals surface area contributed by atoms with Crippen molar-refractivity contribution >= 4 is 5.91 Å². The third-order valence-corrected chi connectivity index (χ3v) is 3.57. The normalized spacial score (nSPS) is 19.4. The summed E-state index contributed by atoms with van der Waals surface area (Å²) in [4.78, 5) is 18.3. The molecule has 2 heterocycles. The molecule has 1 fully saturated rings. The summed E-state index contributed by atoms with van der Waals surface area (Å²) in [5.74, 6) is 1.23. The van der Waals surface area contributed by atoms with Crippen LogP contribution in [0.25, 0.3) is 0 Å². The third-order valence-electron chi connectivity index (χ3n) is 3.57. The Balaban J connectivity index is 1.84. The van der Waals surface area contributed by atoms with Crippen molar-refractivity contribution in [2.24, 2.45) is 0 Å². The first-order valence-corrected chi connectivity index (χ1v) is 7.27. The van der Waals surface area contributed by atoms with E-state index in [9.17, 15) is 4.79 Å². The van der Waals surface area contributed by atoms with Gasteiger partial charge in [-0.1, -0.05) is 19.0 Å². The number of carbonyl (C=O) groups excluding carboxylic acids is 1. The molecule has 1 aliphatic heterocycles. The van der Waals surface area contributed by atoms with Crippen LogP contribution in [0, 0.1) is 0 Å². The van der Waals surface area contributed by atoms with Gasteiger partial charge in [0.2, 0.25) is 11.8 Å². The Bertz CT molecular complexity index is 430. The largest absolute Gasteiger partial charge is 0.353 e. The van der Waals surface area contributed by atoms with Crippen LogP contribution in [0.2, 0.25) is 0 Å². The molecular weight excluding hydrogens is 258 g/mol. The van der Waals surface area contributed by atoms with Gasteiger partial charge in [-0.15, -0.1) is 0 Å². The van der Waals surface area contributed by atoms with Crippen LogP contribution in [0.15, 0.2) is 4.52 Å². The number of amides is 1. The quantitative estimate of drug-likeness (QED) is 0.706. The summed E-state index contributed by atoms with van der Waals surface area (Å²) in [5.41, 5.74) is 0. The monoisotopic (exact) mass is 281 g/mol. The molecule has 1 amide bonds. The smallest absolute Gasteiger partial charge is 0.237 e. The van der Waals surface area contributed by atoms with Crippen molar-refractivity contribution in [3.05, 3.63) is 11.7 Å². The van der Waals surface area contributed by atoms with Crippen molar-refractivity contribution in [3.8, 4) is 0 Å². The highest BCUT2D eigenvalue weighted by atomic mass is 16.5. The third kappa shape index (κ3) is 4.01. The molecule has 7 nitrogen and oxygen atoms in total. The lowest BCUT2D eigenvalue weighted by atomic mass is 10.1. The molecular formula is C13H23N5O2. The average molecular weight is 281 g/mol. The second-order valence-electron chi connectivity index (χ2n) is 4.88. The summed E-state index contributed by atoms with van der Waals surface area (Å²) < 4.78 is 5.22. The topological polar surface area (TPSA) is 83.3 Å². The van der Waals surface area contributed by atoms with Gasteiger partial charge in [0, 0.05) is 26.1 Å². The first kappa shape index (κ1) is 14.9. The van der Waals surface area contributed by atoms with Crippen molar-refractivity contribution in [3.63, 3.8) is 0 Å². The van der Waals surface area contributed by atoms with Crippen LogP contribution >= 0.6 is 0 Å². The number of nitrogens with one attached hydrogen (secondary N) is 2. The van der Waals surface area contributed by atoms with Gasteiger partial charge in [-0.05, 0) is 13.1 Å². The fourth-order valence-corrected chi connectivity index (χ4v) is 2.26. The molecule has 0 saturated carbocycles. The highest BCUT2D eigenvalue weighted by Gasteiger charge is 2.24. The van der Waals surface area contributed by atoms with Crippen molar-refractivity contribution in [1.29, 1.82) is 0 Å². The molecule has 0 bridgehead atoms. The van der Waals surface area contributed by atoms with Gasteiger partial charge in [0.1, 0.15) is 0 Å². The Labute approximate surface area is 119 Å². The number of rotatable bonds is 7. The van der Waals surface area contributed by atoms with E-state index in [2.05, 4.69) is 39.5 Å². The SMILES string of the molecule is CCN(CC)CCc1noc(CC2NCCNC2=O)n1. The van der Waals surface area contributed by atoms with Gasteiger partial charge in [0.05, 0.1) is 12.5 Å². The van der Waals surface area contributed by atoms with Crippen molar-refractivity contribution in [2.75, 3.05) is 32.7 Å². The maximum atomic E-state index is 11.6. The first-order chi connectivity index (χ1) is 9.72. The second-order valence-corrected chi connectivity index (χ2v) is 4.88. The fourth-order valence-electron chi connectivity index (χ4n) is 2.26. The van der Waals surface area contributed by atoms with Crippen LogP contribution in [0.4, 0.5) is 0 Å². The van der Waals surface area contributed by atoms with Crippen LogP contribution in [-0.2, 0) is 17.6 Å². The van der Waals surface area contributed by atoms with Crippen molar-refractivity contribution in [1.82, 2.24) is 25.7 Å². The lowest BCUT2D eigenvalue weighted by Gasteiger charge is -2.21. The highest BCUT2D eigenvalue weighted by Crippen LogP contribution is 2.04. The molecule has 112 valence electrons. The van der Waals surface area contributed by atoms with E-state index in [1.54, 1.807) is 0 Å². The lowest BCUT2D eigenvalue weighted by molar-refractivity contribution is -0.124. The molecule has 20 heavy (non-hydrogen) atoms. The Morgan fingerprint density at radius 2 is 2.15 bits per heavy atom. The number of piperazine rings is 1. The number of carbonyl (C=O) groups is 1. The minimum absolute atomic E-state index is 0.000795. The van der Waals surface area contributed by atoms with E-state index in [0.29, 0.717) is 24.7 Å². The average Bonchev–Trinajstić information content (AvgIpc) is 2.90. The summed E-state index contributed by atoms with van der Waals surface area (Å²) >= 11 is 0. The number of hydrogen-bond donors (Lipinski definition) is 2. The predicted octanol–water partition coefficient (Wildman–Crippen LogP) is -0.416. The zero-order valence-electron chi connectivity index (χ0n) is 12.2. The first-order valence-electron chi connectivity index (χ1n) is 7.27. The molecule has 7 heteroatoms. The zero-order chi connectivity index (χ0) is 14.4. The maximum Gasteiger partial charge on any atom is 0.237 e. The van der Waals surface area contributed by atoms with Crippen LogP contribution in [0.1, 0.15) is 25.6 Å². The molecule has 1 atom stereocenters. The standard InChI is InChI=1S/C13H23N5O2/c1-3-18(4-2)8-5-11-16-12(20-17-11)9-10-13(19)15-7-6-14-10/h10,14H,3-9H2,1-2H3,(H,15,19). The highest BCUT2D eigenvalue weighted by molar-refractivity contribution is 5.82. The van der Waals surface area contributed by atoms with Gasteiger partial charge < -0.3 is 20.1 Å². The molecule has 0 radical (unpaired) electrons. The van der Waals surface area contributed by atoms with E-state index in [4.69, 9.17) is 4.52 Å². The number of aromatic nitrogens is 2. The maximum absolute atomic E-state index is 11.6. The zero-order valence-corrected chi connectivity index (χ0v) is 12.2. The Kier molecular flexibility index (Phi) is 5.49. The molecule has 0 aliphatic carbocycles. The molecule has 1 unspecified atom stereocenters. The second kappa shape index (κ2) is 7.35. The van der Waals surface area contributed by atoms with E-state index in [1.807, 2.05) is 0 Å². The summed E-state index contributed by atoms with van der Waals surface area (Å²) in [6.45, 7) is 8.69. The Morgan fingerprint density at radius 3 is 2.85 bits per heavy atom. The molecule has 2 rings (SSSR count). The number of hydrogen-bond acceptors (Lipinski definition) is 6. The van der Waals surface area contributed by atoms with Crippen molar-refractivity contribution < 1.29 is 9.32 Å². The van der Waals surface area contributed by atoms with E-state index in [1.165, 1.54) is 0 Å².